The Bertz CT molecular complexity index is 506. The molecule has 96 valence electrons. The van der Waals surface area contributed by atoms with E-state index in [9.17, 15) is 0 Å². The second-order valence-corrected chi connectivity index (χ2v) is 3.94. The monoisotopic (exact) mass is 251 g/mol. The van der Waals surface area contributed by atoms with Crippen molar-refractivity contribution in [1.82, 2.24) is 9.66 Å². The Labute approximate surface area is 113 Å². The number of nitrogens with zero attached hydrogens (tertiary/aromatic N) is 2. The van der Waals surface area contributed by atoms with E-state index < -0.39 is 0 Å². The van der Waals surface area contributed by atoms with Crippen LogP contribution in [-0.4, -0.2) is 9.66 Å². The summed E-state index contributed by atoms with van der Waals surface area (Å²) in [6.07, 6.45) is 7.48. The van der Waals surface area contributed by atoms with Crippen LogP contribution in [0.3, 0.4) is 0 Å². The summed E-state index contributed by atoms with van der Waals surface area (Å²) < 4.78 is 1.95. The van der Waals surface area contributed by atoms with Crippen molar-refractivity contribution in [1.29, 1.82) is 0 Å². The molecule has 0 spiro atoms. The van der Waals surface area contributed by atoms with Crippen molar-refractivity contribution in [2.45, 2.75) is 6.54 Å². The van der Waals surface area contributed by atoms with E-state index in [1.54, 1.807) is 12.4 Å². The highest BCUT2D eigenvalue weighted by Gasteiger charge is 1.89. The smallest absolute Gasteiger partial charge is 0.0564 e. The number of hydrogen-bond acceptors (Lipinski definition) is 2. The van der Waals surface area contributed by atoms with E-state index in [1.807, 2.05) is 65.6 Å². The first kappa shape index (κ1) is 12.9. The number of pyridine rings is 1. The summed E-state index contributed by atoms with van der Waals surface area (Å²) in [6, 6.07) is 20.1. The molecule has 0 radical (unpaired) electrons. The van der Waals surface area contributed by atoms with Gasteiger partial charge < -0.3 is 5.43 Å². The fourth-order valence-electron chi connectivity index (χ4n) is 1.53. The van der Waals surface area contributed by atoms with Gasteiger partial charge in [0.15, 0.2) is 0 Å². The van der Waals surface area contributed by atoms with E-state index in [1.165, 1.54) is 5.56 Å². The van der Waals surface area contributed by atoms with E-state index in [0.29, 0.717) is 0 Å². The topological polar surface area (TPSA) is 29.9 Å². The molecule has 0 atom stereocenters. The van der Waals surface area contributed by atoms with Crippen molar-refractivity contribution in [2.24, 2.45) is 0 Å². The molecule has 0 fully saturated rings. The summed E-state index contributed by atoms with van der Waals surface area (Å²) in [6.45, 7) is 0.857. The zero-order chi connectivity index (χ0) is 13.2. The molecule has 0 bridgehead atoms. The van der Waals surface area contributed by atoms with E-state index >= 15 is 0 Å². The molecule has 2 aromatic heterocycles. The molecule has 3 nitrogen and oxygen atoms in total. The molecule has 3 heteroatoms. The molecule has 0 saturated carbocycles. The molecule has 19 heavy (non-hydrogen) atoms. The first-order chi connectivity index (χ1) is 9.45. The Kier molecular flexibility index (Phi) is 5.24. The largest absolute Gasteiger partial charge is 0.322 e. The lowest BCUT2D eigenvalue weighted by molar-refractivity contribution is 0.847. The predicted octanol–water partition coefficient (Wildman–Crippen LogP) is 3.31. The van der Waals surface area contributed by atoms with Gasteiger partial charge in [0.2, 0.25) is 0 Å². The van der Waals surface area contributed by atoms with Gasteiger partial charge >= 0.3 is 0 Å². The van der Waals surface area contributed by atoms with Gasteiger partial charge in [0.1, 0.15) is 0 Å². The number of rotatable bonds is 3. The van der Waals surface area contributed by atoms with Crippen LogP contribution in [0.1, 0.15) is 5.56 Å². The summed E-state index contributed by atoms with van der Waals surface area (Å²) in [5.74, 6) is 0. The first-order valence-corrected chi connectivity index (χ1v) is 6.21. The quantitative estimate of drug-likeness (QED) is 0.774. The van der Waals surface area contributed by atoms with E-state index in [-0.39, 0.29) is 0 Å². The number of nitrogens with one attached hydrogen (secondary N) is 1. The standard InChI is InChI=1S/C11H12N2.C5H5N/c1-2-6-11(7-3-1)10-12-13-8-4-5-9-13;1-2-4-6-5-3-1/h1-9,12H,10H2;1-5H. The van der Waals surface area contributed by atoms with Crippen LogP contribution < -0.4 is 5.43 Å². The fourth-order valence-corrected chi connectivity index (χ4v) is 1.53. The molecule has 1 N–H and O–H groups in total. The maximum absolute atomic E-state index is 3.78. The average molecular weight is 251 g/mol. The molecule has 0 aliphatic carbocycles. The number of hydrogen-bond donors (Lipinski definition) is 1. The van der Waals surface area contributed by atoms with Crippen molar-refractivity contribution in [2.75, 3.05) is 5.43 Å². The Morgan fingerprint density at radius 2 is 1.42 bits per heavy atom. The highest BCUT2D eigenvalue weighted by Crippen LogP contribution is 1.98. The molecule has 3 rings (SSSR count). The maximum atomic E-state index is 3.78. The highest BCUT2D eigenvalue weighted by molar-refractivity contribution is 5.15. The van der Waals surface area contributed by atoms with Crippen LogP contribution in [0.4, 0.5) is 0 Å². The van der Waals surface area contributed by atoms with Crippen molar-refractivity contribution in [3.63, 3.8) is 0 Å². The van der Waals surface area contributed by atoms with Gasteiger partial charge in [0.25, 0.3) is 0 Å². The minimum atomic E-state index is 0.857. The normalized spacial score (nSPS) is 9.26. The Morgan fingerprint density at radius 3 is 1.95 bits per heavy atom. The molecule has 0 saturated heterocycles. The van der Waals surface area contributed by atoms with Crippen LogP contribution in [0.15, 0.2) is 85.5 Å². The summed E-state index contributed by atoms with van der Waals surface area (Å²) in [4.78, 5) is 3.78. The van der Waals surface area contributed by atoms with Crippen LogP contribution in [0, 0.1) is 0 Å². The van der Waals surface area contributed by atoms with Gasteiger partial charge in [-0.05, 0) is 29.8 Å². The second kappa shape index (κ2) is 7.71. The average Bonchev–Trinajstić information content (AvgIpc) is 3.02. The van der Waals surface area contributed by atoms with Gasteiger partial charge in [-0.15, -0.1) is 0 Å². The van der Waals surface area contributed by atoms with Crippen molar-refractivity contribution in [3.8, 4) is 0 Å². The van der Waals surface area contributed by atoms with Gasteiger partial charge in [-0.25, -0.2) is 0 Å². The lowest BCUT2D eigenvalue weighted by Crippen LogP contribution is -2.11. The van der Waals surface area contributed by atoms with Crippen LogP contribution in [0.5, 0.6) is 0 Å². The minimum absolute atomic E-state index is 0.857. The molecule has 0 amide bonds. The third-order valence-electron chi connectivity index (χ3n) is 2.48. The number of benzene rings is 1. The van der Waals surface area contributed by atoms with E-state index in [0.717, 1.165) is 6.54 Å². The van der Waals surface area contributed by atoms with Gasteiger partial charge in [0.05, 0.1) is 6.54 Å². The number of aromatic nitrogens is 2. The molecule has 2 heterocycles. The second-order valence-electron chi connectivity index (χ2n) is 3.94. The summed E-state index contributed by atoms with van der Waals surface area (Å²) >= 11 is 0. The maximum Gasteiger partial charge on any atom is 0.0564 e. The fraction of sp³-hybridized carbons (Fsp3) is 0.0625. The lowest BCUT2D eigenvalue weighted by atomic mass is 10.2. The van der Waals surface area contributed by atoms with E-state index in [2.05, 4.69) is 22.5 Å². The van der Waals surface area contributed by atoms with Gasteiger partial charge in [0, 0.05) is 24.8 Å². The van der Waals surface area contributed by atoms with Crippen LogP contribution in [0.2, 0.25) is 0 Å². The molecule has 3 aromatic rings. The van der Waals surface area contributed by atoms with E-state index in [4.69, 9.17) is 0 Å². The summed E-state index contributed by atoms with van der Waals surface area (Å²) in [7, 11) is 0. The van der Waals surface area contributed by atoms with Crippen molar-refractivity contribution in [3.05, 3.63) is 91.0 Å². The first-order valence-electron chi connectivity index (χ1n) is 6.21. The molecular formula is C16H17N3. The van der Waals surface area contributed by atoms with Gasteiger partial charge in [-0.3, -0.25) is 9.66 Å². The van der Waals surface area contributed by atoms with Crippen LogP contribution in [0.25, 0.3) is 0 Å². The SMILES string of the molecule is c1ccc(CNn2cccc2)cc1.c1ccncc1. The predicted molar refractivity (Wildman–Crippen MR) is 78.2 cm³/mol. The Morgan fingerprint density at radius 1 is 0.789 bits per heavy atom. The minimum Gasteiger partial charge on any atom is -0.322 e. The van der Waals surface area contributed by atoms with Gasteiger partial charge in [-0.2, -0.15) is 0 Å². The molecule has 1 aromatic carbocycles. The Hall–Kier alpha value is -2.55. The zero-order valence-electron chi connectivity index (χ0n) is 10.7. The third-order valence-corrected chi connectivity index (χ3v) is 2.48. The summed E-state index contributed by atoms with van der Waals surface area (Å²) in [5, 5.41) is 0. The molecule has 0 unspecified atom stereocenters. The highest BCUT2D eigenvalue weighted by atomic mass is 15.4. The molecule has 0 aliphatic rings. The molecule has 0 aliphatic heterocycles. The van der Waals surface area contributed by atoms with Crippen molar-refractivity contribution >= 4 is 0 Å². The van der Waals surface area contributed by atoms with Crippen LogP contribution >= 0.6 is 0 Å². The Balaban J connectivity index is 0.000000186. The van der Waals surface area contributed by atoms with Crippen LogP contribution in [-0.2, 0) is 6.54 Å². The van der Waals surface area contributed by atoms with Crippen molar-refractivity contribution < 1.29 is 0 Å². The lowest BCUT2D eigenvalue weighted by Gasteiger charge is -2.06. The van der Waals surface area contributed by atoms with Gasteiger partial charge in [-0.1, -0.05) is 36.4 Å². The zero-order valence-corrected chi connectivity index (χ0v) is 10.7. The molecular weight excluding hydrogens is 234 g/mol. The summed E-state index contributed by atoms with van der Waals surface area (Å²) in [5.41, 5.74) is 4.55. The third kappa shape index (κ3) is 5.08.